The first kappa shape index (κ1) is 16.1. The van der Waals surface area contributed by atoms with Crippen LogP contribution < -0.4 is 0 Å². The highest BCUT2D eigenvalue weighted by molar-refractivity contribution is 5.84. The molecule has 4 aromatic rings. The molecule has 2 aliphatic rings. The predicted molar refractivity (Wildman–Crippen MR) is 107 cm³/mol. The molecule has 4 aromatic heterocycles. The zero-order valence-electron chi connectivity index (χ0n) is 15.9. The summed E-state index contributed by atoms with van der Waals surface area (Å²) in [6.45, 7) is 6.23. The van der Waals surface area contributed by atoms with Crippen molar-refractivity contribution in [3.63, 3.8) is 0 Å². The summed E-state index contributed by atoms with van der Waals surface area (Å²) in [5.41, 5.74) is 6.03. The quantitative estimate of drug-likeness (QED) is 0.577. The summed E-state index contributed by atoms with van der Waals surface area (Å²) in [6.07, 6.45) is 9.89. The van der Waals surface area contributed by atoms with E-state index in [1.54, 1.807) is 0 Å². The Bertz CT molecular complexity index is 1150. The molecule has 0 aromatic carbocycles. The van der Waals surface area contributed by atoms with Gasteiger partial charge in [-0.1, -0.05) is 6.92 Å². The topological polar surface area (TPSA) is 78.4 Å². The van der Waals surface area contributed by atoms with Gasteiger partial charge in [-0.05, 0) is 30.5 Å². The van der Waals surface area contributed by atoms with Gasteiger partial charge >= 0.3 is 0 Å². The summed E-state index contributed by atoms with van der Waals surface area (Å²) in [7, 11) is 0. The van der Waals surface area contributed by atoms with Crippen LogP contribution in [0.25, 0.3) is 22.3 Å². The van der Waals surface area contributed by atoms with Crippen molar-refractivity contribution >= 4 is 11.0 Å². The smallest absolute Gasteiger partial charge is 0.137 e. The van der Waals surface area contributed by atoms with Gasteiger partial charge < -0.3 is 9.97 Å². The number of imidazole rings is 1. The minimum absolute atomic E-state index is 0.248. The molecular formula is C21H23N7. The molecule has 7 heteroatoms. The Morgan fingerprint density at radius 3 is 2.93 bits per heavy atom. The van der Waals surface area contributed by atoms with Crippen LogP contribution in [-0.2, 0) is 24.9 Å². The zero-order valence-corrected chi connectivity index (χ0v) is 15.9. The fraction of sp³-hybridized carbons (Fsp3) is 0.381. The first-order valence-electron chi connectivity index (χ1n) is 9.99. The van der Waals surface area contributed by atoms with E-state index in [0.717, 1.165) is 55.3 Å². The number of nitrogens with zero attached hydrogens (tertiary/aromatic N) is 5. The third-order valence-corrected chi connectivity index (χ3v) is 6.40. The number of nitrogens with one attached hydrogen (secondary N) is 2. The van der Waals surface area contributed by atoms with Crippen molar-refractivity contribution in [2.45, 2.75) is 38.3 Å². The largest absolute Gasteiger partial charge is 0.348 e. The predicted octanol–water partition coefficient (Wildman–Crippen LogP) is 2.87. The van der Waals surface area contributed by atoms with Crippen LogP contribution in [0.1, 0.15) is 30.4 Å². The number of pyridine rings is 1. The lowest BCUT2D eigenvalue weighted by Gasteiger charge is -2.47. The first-order chi connectivity index (χ1) is 13.7. The summed E-state index contributed by atoms with van der Waals surface area (Å²) in [5.74, 6) is 1.04. The molecule has 2 N–H and O–H groups in total. The average Bonchev–Trinajstić information content (AvgIpc) is 3.45. The summed E-state index contributed by atoms with van der Waals surface area (Å²) >= 11 is 0. The zero-order chi connectivity index (χ0) is 18.7. The molecule has 1 fully saturated rings. The Labute approximate surface area is 162 Å². The number of likely N-dealkylation sites (tertiary alicyclic amines) is 1. The molecule has 7 nitrogen and oxygen atoms in total. The highest BCUT2D eigenvalue weighted by Crippen LogP contribution is 2.44. The summed E-state index contributed by atoms with van der Waals surface area (Å²) in [5, 5.41) is 6.12. The third-order valence-electron chi connectivity index (χ3n) is 6.40. The molecule has 0 saturated carbocycles. The van der Waals surface area contributed by atoms with Crippen molar-refractivity contribution in [1.82, 2.24) is 34.6 Å². The summed E-state index contributed by atoms with van der Waals surface area (Å²) in [6, 6.07) is 4.52. The highest BCUT2D eigenvalue weighted by Gasteiger charge is 2.49. The standard InChI is InChI=1S/C21H23N7/c1-2-14-9-24-20-16(14)7-15(10-25-20)17-8-18-21(3-6-28(18)26-17)12-27(13-21)11-19-22-4-5-23-19/h4-5,7-10H,2-3,6,11-13H2,1H3,(H,22,23)(H,24,25). The van der Waals surface area contributed by atoms with E-state index in [9.17, 15) is 0 Å². The van der Waals surface area contributed by atoms with E-state index in [2.05, 4.69) is 54.8 Å². The Balaban J connectivity index is 1.28. The molecule has 6 rings (SSSR count). The molecule has 0 aliphatic carbocycles. The fourth-order valence-electron chi connectivity index (χ4n) is 4.93. The van der Waals surface area contributed by atoms with Gasteiger partial charge in [-0.25, -0.2) is 9.97 Å². The number of fused-ring (bicyclic) bond motifs is 3. The van der Waals surface area contributed by atoms with E-state index < -0.39 is 0 Å². The van der Waals surface area contributed by atoms with Gasteiger partial charge in [0.1, 0.15) is 11.5 Å². The minimum Gasteiger partial charge on any atom is -0.348 e. The lowest BCUT2D eigenvalue weighted by atomic mass is 9.76. The second kappa shape index (κ2) is 5.78. The van der Waals surface area contributed by atoms with E-state index in [1.807, 2.05) is 18.6 Å². The van der Waals surface area contributed by atoms with Crippen LogP contribution in [0.5, 0.6) is 0 Å². The molecule has 6 heterocycles. The van der Waals surface area contributed by atoms with Crippen LogP contribution in [0.3, 0.4) is 0 Å². The lowest BCUT2D eigenvalue weighted by molar-refractivity contribution is 0.0559. The van der Waals surface area contributed by atoms with Crippen LogP contribution in [0.15, 0.2) is 36.9 Å². The van der Waals surface area contributed by atoms with Gasteiger partial charge in [0.2, 0.25) is 0 Å². The molecule has 0 radical (unpaired) electrons. The van der Waals surface area contributed by atoms with E-state index >= 15 is 0 Å². The number of rotatable bonds is 4. The van der Waals surface area contributed by atoms with Gasteiger partial charge in [-0.3, -0.25) is 9.58 Å². The summed E-state index contributed by atoms with van der Waals surface area (Å²) < 4.78 is 2.21. The van der Waals surface area contributed by atoms with Crippen LogP contribution in [0.4, 0.5) is 0 Å². The number of H-pyrrole nitrogens is 2. The van der Waals surface area contributed by atoms with E-state index in [0.29, 0.717) is 0 Å². The van der Waals surface area contributed by atoms with E-state index in [1.165, 1.54) is 23.1 Å². The SMILES string of the molecule is CCc1c[nH]c2ncc(-c3cc4n(n3)CCC43CN(Cc4ncc[nH]4)C3)cc12. The molecule has 0 amide bonds. The molecule has 2 aliphatic heterocycles. The monoisotopic (exact) mass is 373 g/mol. The third kappa shape index (κ3) is 2.29. The van der Waals surface area contributed by atoms with Gasteiger partial charge in [0.15, 0.2) is 0 Å². The molecule has 0 unspecified atom stereocenters. The van der Waals surface area contributed by atoms with Crippen LogP contribution >= 0.6 is 0 Å². The average molecular weight is 373 g/mol. The Morgan fingerprint density at radius 1 is 1.18 bits per heavy atom. The maximum Gasteiger partial charge on any atom is 0.137 e. The second-order valence-corrected chi connectivity index (χ2v) is 8.14. The van der Waals surface area contributed by atoms with E-state index in [4.69, 9.17) is 5.10 Å². The normalized spacial score (nSPS) is 18.0. The molecule has 0 atom stereocenters. The van der Waals surface area contributed by atoms with Crippen molar-refractivity contribution in [2.75, 3.05) is 13.1 Å². The van der Waals surface area contributed by atoms with Crippen molar-refractivity contribution in [2.24, 2.45) is 0 Å². The van der Waals surface area contributed by atoms with Gasteiger partial charge in [0, 0.05) is 66.5 Å². The summed E-state index contributed by atoms with van der Waals surface area (Å²) in [4.78, 5) is 17.9. The van der Waals surface area contributed by atoms with Crippen LogP contribution in [-0.4, -0.2) is 47.7 Å². The van der Waals surface area contributed by atoms with Crippen LogP contribution in [0.2, 0.25) is 0 Å². The number of hydrogen-bond acceptors (Lipinski definition) is 4. The van der Waals surface area contributed by atoms with Gasteiger partial charge in [0.25, 0.3) is 0 Å². The molecular weight excluding hydrogens is 350 g/mol. The molecule has 1 saturated heterocycles. The second-order valence-electron chi connectivity index (χ2n) is 8.14. The lowest BCUT2D eigenvalue weighted by Crippen LogP contribution is -2.57. The Hall–Kier alpha value is -2.93. The first-order valence-corrected chi connectivity index (χ1v) is 9.99. The fourth-order valence-corrected chi connectivity index (χ4v) is 4.93. The van der Waals surface area contributed by atoms with Crippen molar-refractivity contribution in [1.29, 1.82) is 0 Å². The van der Waals surface area contributed by atoms with Gasteiger partial charge in [0.05, 0.1) is 12.2 Å². The van der Waals surface area contributed by atoms with Crippen LogP contribution in [0, 0.1) is 0 Å². The molecule has 0 bridgehead atoms. The van der Waals surface area contributed by atoms with Crippen molar-refractivity contribution < 1.29 is 0 Å². The minimum atomic E-state index is 0.248. The van der Waals surface area contributed by atoms with Gasteiger partial charge in [-0.2, -0.15) is 5.10 Å². The number of aromatic amines is 2. The maximum absolute atomic E-state index is 4.92. The Kier molecular flexibility index (Phi) is 3.32. The maximum atomic E-state index is 4.92. The highest BCUT2D eigenvalue weighted by atomic mass is 15.3. The molecule has 142 valence electrons. The molecule has 1 spiro atoms. The molecule has 28 heavy (non-hydrogen) atoms. The van der Waals surface area contributed by atoms with Crippen molar-refractivity contribution in [3.05, 3.63) is 54.0 Å². The number of hydrogen-bond donors (Lipinski definition) is 2. The van der Waals surface area contributed by atoms with Crippen molar-refractivity contribution in [3.8, 4) is 11.3 Å². The number of aromatic nitrogens is 6. The van der Waals surface area contributed by atoms with E-state index in [-0.39, 0.29) is 5.41 Å². The van der Waals surface area contributed by atoms with Gasteiger partial charge in [-0.15, -0.1) is 0 Å². The Morgan fingerprint density at radius 2 is 2.11 bits per heavy atom. The number of aryl methyl sites for hydroxylation is 2.